The number of fused-ring (bicyclic) bond motifs is 1. The first-order valence-corrected chi connectivity index (χ1v) is 9.83. The van der Waals surface area contributed by atoms with E-state index in [0.29, 0.717) is 26.2 Å². The molecule has 3 aromatic rings. The second kappa shape index (κ2) is 8.20. The summed E-state index contributed by atoms with van der Waals surface area (Å²) in [5, 5.41) is 4.24. The number of H-pyrrole nitrogens is 1. The van der Waals surface area contributed by atoms with Gasteiger partial charge in [-0.3, -0.25) is 9.69 Å². The van der Waals surface area contributed by atoms with Crippen LogP contribution in [0.5, 0.6) is 0 Å². The number of aryl methyl sites for hydroxylation is 2. The number of aromatic amines is 1. The summed E-state index contributed by atoms with van der Waals surface area (Å²) >= 11 is 0. The number of hydrogen-bond acceptors (Lipinski definition) is 4. The summed E-state index contributed by atoms with van der Waals surface area (Å²) < 4.78 is 11.4. The van der Waals surface area contributed by atoms with Crippen LogP contribution >= 0.6 is 0 Å². The number of hydrogen-bond donors (Lipinski definition) is 2. The minimum atomic E-state index is 0.0191. The van der Waals surface area contributed by atoms with Gasteiger partial charge in [0.25, 0.3) is 0 Å². The number of carbonyl (C=O) groups excluding carboxylic acids is 1. The molecule has 1 saturated heterocycles. The number of nitrogens with zero attached hydrogens (tertiary/aromatic N) is 1. The number of carbonyl (C=O) groups is 1. The number of nitrogens with one attached hydrogen (secondary N) is 2. The van der Waals surface area contributed by atoms with Crippen molar-refractivity contribution in [1.29, 1.82) is 0 Å². The lowest BCUT2D eigenvalue weighted by Crippen LogP contribution is -2.44. The summed E-state index contributed by atoms with van der Waals surface area (Å²) in [6, 6.07) is 12.1. The smallest absolute Gasteiger partial charge is 0.224 e. The molecule has 6 heteroatoms. The van der Waals surface area contributed by atoms with Crippen LogP contribution in [-0.4, -0.2) is 48.6 Å². The van der Waals surface area contributed by atoms with Gasteiger partial charge in [0.1, 0.15) is 11.5 Å². The predicted molar refractivity (Wildman–Crippen MR) is 108 cm³/mol. The highest BCUT2D eigenvalue weighted by atomic mass is 16.5. The van der Waals surface area contributed by atoms with E-state index in [9.17, 15) is 4.79 Å². The molecule has 6 nitrogen and oxygen atoms in total. The van der Waals surface area contributed by atoms with Crippen molar-refractivity contribution >= 4 is 16.8 Å². The van der Waals surface area contributed by atoms with E-state index >= 15 is 0 Å². The molecular weight excluding hydrogens is 354 g/mol. The average Bonchev–Trinajstić information content (AvgIpc) is 3.26. The molecule has 1 aliphatic rings. The van der Waals surface area contributed by atoms with Gasteiger partial charge in [0.2, 0.25) is 5.91 Å². The molecule has 0 radical (unpaired) electrons. The van der Waals surface area contributed by atoms with Gasteiger partial charge >= 0.3 is 0 Å². The van der Waals surface area contributed by atoms with Crippen LogP contribution in [0.3, 0.4) is 0 Å². The van der Waals surface area contributed by atoms with E-state index in [1.165, 1.54) is 0 Å². The fourth-order valence-corrected chi connectivity index (χ4v) is 3.93. The van der Waals surface area contributed by atoms with E-state index in [-0.39, 0.29) is 11.9 Å². The Hall–Kier alpha value is -2.57. The summed E-state index contributed by atoms with van der Waals surface area (Å²) in [6.45, 7) is 7.57. The Bertz CT molecular complexity index is 953. The molecule has 1 aliphatic heterocycles. The Morgan fingerprint density at radius 1 is 1.18 bits per heavy atom. The van der Waals surface area contributed by atoms with Crippen molar-refractivity contribution in [1.82, 2.24) is 15.2 Å². The van der Waals surface area contributed by atoms with Crippen molar-refractivity contribution in [3.63, 3.8) is 0 Å². The first-order chi connectivity index (χ1) is 13.6. The zero-order valence-electron chi connectivity index (χ0n) is 16.5. The van der Waals surface area contributed by atoms with Gasteiger partial charge in [0.15, 0.2) is 0 Å². The van der Waals surface area contributed by atoms with E-state index < -0.39 is 0 Å². The van der Waals surface area contributed by atoms with Crippen LogP contribution in [-0.2, 0) is 16.0 Å². The fourth-order valence-electron chi connectivity index (χ4n) is 3.93. The second-order valence-corrected chi connectivity index (χ2v) is 7.37. The first kappa shape index (κ1) is 18.8. The maximum Gasteiger partial charge on any atom is 0.224 e. The van der Waals surface area contributed by atoms with Gasteiger partial charge in [0.05, 0.1) is 25.7 Å². The van der Waals surface area contributed by atoms with Gasteiger partial charge in [-0.2, -0.15) is 0 Å². The molecule has 148 valence electrons. The minimum absolute atomic E-state index is 0.0191. The van der Waals surface area contributed by atoms with E-state index in [0.717, 1.165) is 46.8 Å². The lowest BCUT2D eigenvalue weighted by atomic mass is 10.1. The molecular formula is C22H27N3O3. The average molecular weight is 381 g/mol. The Morgan fingerprint density at radius 3 is 2.71 bits per heavy atom. The molecule has 1 atom stereocenters. The number of morpholine rings is 1. The molecule has 1 unspecified atom stereocenters. The molecule has 0 spiro atoms. The van der Waals surface area contributed by atoms with Crippen LogP contribution in [0.1, 0.15) is 28.8 Å². The number of para-hydroxylation sites is 1. The van der Waals surface area contributed by atoms with Crippen LogP contribution in [0.2, 0.25) is 0 Å². The molecule has 0 bridgehead atoms. The van der Waals surface area contributed by atoms with Crippen molar-refractivity contribution in [2.75, 3.05) is 32.8 Å². The maximum atomic E-state index is 12.7. The summed E-state index contributed by atoms with van der Waals surface area (Å²) in [7, 11) is 0. The van der Waals surface area contributed by atoms with Gasteiger partial charge in [-0.15, -0.1) is 0 Å². The number of amides is 1. The Balaban J connectivity index is 1.45. The van der Waals surface area contributed by atoms with Crippen LogP contribution in [0.15, 0.2) is 40.8 Å². The van der Waals surface area contributed by atoms with E-state index in [2.05, 4.69) is 21.3 Å². The van der Waals surface area contributed by atoms with Crippen molar-refractivity contribution in [3.8, 4) is 0 Å². The number of ether oxygens (including phenoxy) is 1. The third-order valence-corrected chi connectivity index (χ3v) is 5.43. The lowest BCUT2D eigenvalue weighted by Gasteiger charge is -2.33. The van der Waals surface area contributed by atoms with Gasteiger partial charge in [-0.05, 0) is 37.6 Å². The highest BCUT2D eigenvalue weighted by Gasteiger charge is 2.26. The Morgan fingerprint density at radius 2 is 1.96 bits per heavy atom. The highest BCUT2D eigenvalue weighted by molar-refractivity contribution is 5.90. The van der Waals surface area contributed by atoms with Crippen molar-refractivity contribution in [3.05, 3.63) is 59.2 Å². The zero-order chi connectivity index (χ0) is 19.5. The molecule has 4 rings (SSSR count). The SMILES string of the molecule is Cc1ccc(C(CNC(=O)Cc2c(C)[nH]c3ccccc23)N2CCOCC2)o1. The molecule has 0 saturated carbocycles. The summed E-state index contributed by atoms with van der Waals surface area (Å²) in [5.41, 5.74) is 3.17. The summed E-state index contributed by atoms with van der Waals surface area (Å²) in [4.78, 5) is 18.4. The Labute approximate surface area is 164 Å². The fraction of sp³-hybridized carbons (Fsp3) is 0.409. The molecule has 2 aromatic heterocycles. The highest BCUT2D eigenvalue weighted by Crippen LogP contribution is 2.24. The van der Waals surface area contributed by atoms with Crippen LogP contribution in [0.4, 0.5) is 0 Å². The van der Waals surface area contributed by atoms with Gasteiger partial charge < -0.3 is 19.5 Å². The van der Waals surface area contributed by atoms with E-state index in [1.54, 1.807) is 0 Å². The number of benzene rings is 1. The van der Waals surface area contributed by atoms with Gasteiger partial charge in [-0.1, -0.05) is 18.2 Å². The van der Waals surface area contributed by atoms with Crippen molar-refractivity contribution in [2.45, 2.75) is 26.3 Å². The van der Waals surface area contributed by atoms with Crippen molar-refractivity contribution < 1.29 is 13.9 Å². The summed E-state index contributed by atoms with van der Waals surface area (Å²) in [6.07, 6.45) is 0.364. The van der Waals surface area contributed by atoms with Gasteiger partial charge in [0, 0.05) is 36.2 Å². The predicted octanol–water partition coefficient (Wildman–Crippen LogP) is 3.11. The standard InChI is InChI=1S/C22H27N3O3/c1-15-7-8-21(28-15)20(25-9-11-27-12-10-25)14-23-22(26)13-18-16(2)24-19-6-4-3-5-17(18)19/h3-8,20,24H,9-14H2,1-2H3,(H,23,26). The van der Waals surface area contributed by atoms with Crippen molar-refractivity contribution in [2.24, 2.45) is 0 Å². The van der Waals surface area contributed by atoms with Crippen LogP contribution in [0.25, 0.3) is 10.9 Å². The summed E-state index contributed by atoms with van der Waals surface area (Å²) in [5.74, 6) is 1.80. The van der Waals surface area contributed by atoms with Crippen LogP contribution in [0, 0.1) is 13.8 Å². The second-order valence-electron chi connectivity index (χ2n) is 7.37. The molecule has 1 amide bonds. The molecule has 3 heterocycles. The minimum Gasteiger partial charge on any atom is -0.465 e. The first-order valence-electron chi connectivity index (χ1n) is 9.83. The zero-order valence-corrected chi connectivity index (χ0v) is 16.5. The molecule has 28 heavy (non-hydrogen) atoms. The third-order valence-electron chi connectivity index (χ3n) is 5.43. The third kappa shape index (κ3) is 3.98. The largest absolute Gasteiger partial charge is 0.465 e. The quantitative estimate of drug-likeness (QED) is 0.688. The number of aromatic nitrogens is 1. The molecule has 2 N–H and O–H groups in total. The van der Waals surface area contributed by atoms with Crippen LogP contribution < -0.4 is 5.32 Å². The monoisotopic (exact) mass is 381 g/mol. The topological polar surface area (TPSA) is 70.5 Å². The Kier molecular flexibility index (Phi) is 5.50. The number of rotatable bonds is 6. The molecule has 0 aliphatic carbocycles. The maximum absolute atomic E-state index is 12.7. The number of furan rings is 1. The normalized spacial score (nSPS) is 16.4. The van der Waals surface area contributed by atoms with E-state index in [4.69, 9.17) is 9.15 Å². The lowest BCUT2D eigenvalue weighted by molar-refractivity contribution is -0.120. The van der Waals surface area contributed by atoms with Gasteiger partial charge in [-0.25, -0.2) is 0 Å². The molecule has 1 fully saturated rings. The molecule has 1 aromatic carbocycles. The van der Waals surface area contributed by atoms with E-state index in [1.807, 2.05) is 44.2 Å².